The first-order valence-corrected chi connectivity index (χ1v) is 7.45. The predicted molar refractivity (Wildman–Crippen MR) is 74.2 cm³/mol. The molecule has 3 nitrogen and oxygen atoms in total. The third-order valence-corrected chi connectivity index (χ3v) is 4.41. The lowest BCUT2D eigenvalue weighted by Crippen LogP contribution is -2.09. The summed E-state index contributed by atoms with van der Waals surface area (Å²) < 4.78 is 24.4. The molecule has 1 aromatic heterocycles. The Hall–Kier alpha value is -0.820. The van der Waals surface area contributed by atoms with Crippen LogP contribution in [0.15, 0.2) is 4.90 Å². The normalized spacial score (nSPS) is 11.3. The van der Waals surface area contributed by atoms with Gasteiger partial charge in [-0.3, -0.25) is 4.79 Å². The van der Waals surface area contributed by atoms with Gasteiger partial charge in [0.15, 0.2) is 5.78 Å². The summed E-state index contributed by atoms with van der Waals surface area (Å²) >= 11 is 2.50. The van der Waals surface area contributed by atoms with E-state index in [-0.39, 0.29) is 11.7 Å². The van der Waals surface area contributed by atoms with Crippen LogP contribution in [-0.2, 0) is 0 Å². The Morgan fingerprint density at radius 2 is 2.11 bits per heavy atom. The minimum absolute atomic E-state index is 0.0575. The van der Waals surface area contributed by atoms with E-state index in [4.69, 9.17) is 5.73 Å². The van der Waals surface area contributed by atoms with E-state index in [2.05, 4.69) is 5.32 Å². The summed E-state index contributed by atoms with van der Waals surface area (Å²) in [6.45, 7) is 3.13. The van der Waals surface area contributed by atoms with Crippen molar-refractivity contribution >= 4 is 39.6 Å². The number of anilines is 2. The molecule has 7 heteroatoms. The molecule has 0 unspecified atom stereocenters. The summed E-state index contributed by atoms with van der Waals surface area (Å²) in [5, 5.41) is 3.18. The number of nitrogens with two attached hydrogens (primary N) is 1. The van der Waals surface area contributed by atoms with Crippen LogP contribution in [0.4, 0.5) is 19.5 Å². The maximum atomic E-state index is 12.2. The zero-order valence-electron chi connectivity index (χ0n) is 10.4. The lowest BCUT2D eigenvalue weighted by molar-refractivity contribution is 0.0944. The molecule has 18 heavy (non-hydrogen) atoms. The molecule has 3 N–H and O–H groups in total. The van der Waals surface area contributed by atoms with E-state index >= 15 is 0 Å². The van der Waals surface area contributed by atoms with Gasteiger partial charge in [-0.15, -0.1) is 23.1 Å². The van der Waals surface area contributed by atoms with Gasteiger partial charge in [0.25, 0.3) is 6.43 Å². The van der Waals surface area contributed by atoms with Crippen LogP contribution < -0.4 is 11.1 Å². The highest BCUT2D eigenvalue weighted by Crippen LogP contribution is 2.42. The van der Waals surface area contributed by atoms with E-state index in [0.29, 0.717) is 20.5 Å². The second-order valence-electron chi connectivity index (χ2n) is 4.00. The minimum Gasteiger partial charge on any atom is -0.396 e. The minimum atomic E-state index is -2.44. The van der Waals surface area contributed by atoms with E-state index < -0.39 is 13.0 Å². The number of alkyl halides is 2. The quantitative estimate of drug-likeness (QED) is 0.622. The fourth-order valence-electron chi connectivity index (χ4n) is 1.36. The molecule has 0 saturated heterocycles. The monoisotopic (exact) mass is 294 g/mol. The second-order valence-corrected chi connectivity index (χ2v) is 5.84. The van der Waals surface area contributed by atoms with Gasteiger partial charge in [0.05, 0.1) is 22.0 Å². The van der Waals surface area contributed by atoms with Crippen molar-refractivity contribution in [1.29, 1.82) is 0 Å². The number of thioether (sulfide) groups is 1. The molecule has 0 fully saturated rings. The molecule has 0 aliphatic carbocycles. The Kier molecular flexibility index (Phi) is 5.40. The number of hydrogen-bond donors (Lipinski definition) is 2. The van der Waals surface area contributed by atoms with Crippen molar-refractivity contribution in [2.75, 3.05) is 23.9 Å². The largest absolute Gasteiger partial charge is 0.396 e. The average molecular weight is 294 g/mol. The van der Waals surface area contributed by atoms with Crippen molar-refractivity contribution in [3.8, 4) is 0 Å². The first-order chi connectivity index (χ1) is 8.38. The Balaban J connectivity index is 3.05. The number of ketones is 1. The summed E-state index contributed by atoms with van der Waals surface area (Å²) in [6, 6.07) is 0. The van der Waals surface area contributed by atoms with Gasteiger partial charge in [0, 0.05) is 5.92 Å². The van der Waals surface area contributed by atoms with Crippen LogP contribution in [0.1, 0.15) is 23.5 Å². The van der Waals surface area contributed by atoms with E-state index in [1.165, 1.54) is 11.8 Å². The Labute approximate surface area is 113 Å². The van der Waals surface area contributed by atoms with Crippen LogP contribution in [0.2, 0.25) is 0 Å². The molecule has 0 spiro atoms. The number of halogens is 2. The van der Waals surface area contributed by atoms with E-state index in [0.717, 1.165) is 11.3 Å². The molecule has 0 atom stereocenters. The number of rotatable bonds is 6. The van der Waals surface area contributed by atoms with Crippen molar-refractivity contribution in [3.05, 3.63) is 4.88 Å². The molecule has 0 radical (unpaired) electrons. The van der Waals surface area contributed by atoms with Gasteiger partial charge in [0.1, 0.15) is 5.00 Å². The lowest BCUT2D eigenvalue weighted by Gasteiger charge is -2.04. The van der Waals surface area contributed by atoms with Gasteiger partial charge in [-0.1, -0.05) is 13.8 Å². The fraction of sp³-hybridized carbons (Fsp3) is 0.545. The topological polar surface area (TPSA) is 55.1 Å². The molecular formula is C11H16F2N2OS2. The van der Waals surface area contributed by atoms with E-state index in [9.17, 15) is 13.6 Å². The average Bonchev–Trinajstić information content (AvgIpc) is 2.61. The van der Waals surface area contributed by atoms with Crippen LogP contribution in [-0.4, -0.2) is 25.0 Å². The van der Waals surface area contributed by atoms with Gasteiger partial charge in [-0.2, -0.15) is 0 Å². The number of nitrogen functional groups attached to an aromatic ring is 1. The molecule has 0 bridgehead atoms. The number of thiophene rings is 1. The SMILES string of the molecule is CSc1c(NCC(F)F)sc(C(=O)C(C)C)c1N. The molecule has 0 aliphatic heterocycles. The number of carbonyl (C=O) groups is 1. The third-order valence-electron chi connectivity index (χ3n) is 2.27. The van der Waals surface area contributed by atoms with Crippen LogP contribution in [0, 0.1) is 5.92 Å². The fourth-order valence-corrected chi connectivity index (χ4v) is 3.49. The molecule has 1 rings (SSSR count). The Morgan fingerprint density at radius 3 is 2.56 bits per heavy atom. The molecule has 102 valence electrons. The van der Waals surface area contributed by atoms with E-state index in [1.54, 1.807) is 20.1 Å². The molecule has 0 aliphatic rings. The maximum absolute atomic E-state index is 12.2. The van der Waals surface area contributed by atoms with Crippen LogP contribution in [0.3, 0.4) is 0 Å². The van der Waals surface area contributed by atoms with E-state index in [1.807, 2.05) is 0 Å². The third kappa shape index (κ3) is 3.35. The molecule has 0 saturated carbocycles. The van der Waals surface area contributed by atoms with Gasteiger partial charge in [0.2, 0.25) is 0 Å². The Bertz CT molecular complexity index is 433. The summed E-state index contributed by atoms with van der Waals surface area (Å²) in [4.78, 5) is 13.1. The van der Waals surface area contributed by atoms with Gasteiger partial charge < -0.3 is 11.1 Å². The molecule has 1 aromatic rings. The van der Waals surface area contributed by atoms with Crippen molar-refractivity contribution in [2.45, 2.75) is 25.2 Å². The standard InChI is InChI=1S/C11H16F2N2OS2/c1-5(2)8(16)9-7(14)10(17-3)11(18-9)15-4-6(12)13/h5-6,15H,4,14H2,1-3H3. The number of hydrogen-bond acceptors (Lipinski definition) is 5. The molecule has 1 heterocycles. The second kappa shape index (κ2) is 6.38. The molecule has 0 aromatic carbocycles. The summed E-state index contributed by atoms with van der Waals surface area (Å²) in [5.74, 6) is -0.221. The number of nitrogens with one attached hydrogen (secondary N) is 1. The van der Waals surface area contributed by atoms with Crippen LogP contribution in [0.25, 0.3) is 0 Å². The van der Waals surface area contributed by atoms with Crippen molar-refractivity contribution in [1.82, 2.24) is 0 Å². The first-order valence-electron chi connectivity index (χ1n) is 5.41. The Morgan fingerprint density at radius 1 is 1.50 bits per heavy atom. The van der Waals surface area contributed by atoms with Crippen LogP contribution >= 0.6 is 23.1 Å². The van der Waals surface area contributed by atoms with Crippen molar-refractivity contribution < 1.29 is 13.6 Å². The zero-order valence-corrected chi connectivity index (χ0v) is 12.1. The smallest absolute Gasteiger partial charge is 0.255 e. The highest BCUT2D eigenvalue weighted by molar-refractivity contribution is 7.99. The zero-order chi connectivity index (χ0) is 13.9. The number of Topliss-reactive ketones (excluding diaryl/α,β-unsaturated/α-hetero) is 1. The highest BCUT2D eigenvalue weighted by Gasteiger charge is 2.22. The maximum Gasteiger partial charge on any atom is 0.255 e. The molecule has 0 amide bonds. The molecular weight excluding hydrogens is 278 g/mol. The van der Waals surface area contributed by atoms with Gasteiger partial charge in [-0.05, 0) is 6.26 Å². The lowest BCUT2D eigenvalue weighted by atomic mass is 10.1. The summed E-state index contributed by atoms with van der Waals surface area (Å²) in [5.41, 5.74) is 6.29. The number of carbonyl (C=O) groups excluding carboxylic acids is 1. The van der Waals surface area contributed by atoms with Crippen LogP contribution in [0.5, 0.6) is 0 Å². The first kappa shape index (κ1) is 15.2. The van der Waals surface area contributed by atoms with Gasteiger partial charge >= 0.3 is 0 Å². The van der Waals surface area contributed by atoms with Crippen molar-refractivity contribution in [3.63, 3.8) is 0 Å². The highest BCUT2D eigenvalue weighted by atomic mass is 32.2. The van der Waals surface area contributed by atoms with Gasteiger partial charge in [-0.25, -0.2) is 8.78 Å². The van der Waals surface area contributed by atoms with Crippen molar-refractivity contribution in [2.24, 2.45) is 5.92 Å². The predicted octanol–water partition coefficient (Wildman–Crippen LogP) is 3.57. The summed E-state index contributed by atoms with van der Waals surface area (Å²) in [7, 11) is 0. The summed E-state index contributed by atoms with van der Waals surface area (Å²) in [6.07, 6.45) is -0.637.